The quantitative estimate of drug-likeness (QED) is 0.674. The monoisotopic (exact) mass is 272 g/mol. The van der Waals surface area contributed by atoms with Gasteiger partial charge in [0, 0.05) is 5.56 Å². The number of aryl methyl sites for hydroxylation is 2. The minimum atomic E-state index is -0.167. The molecule has 2 aromatic rings. The van der Waals surface area contributed by atoms with E-state index in [4.69, 9.17) is 0 Å². The lowest BCUT2D eigenvalue weighted by atomic mass is 10.0. The lowest BCUT2D eigenvalue weighted by Gasteiger charge is -2.06. The molecule has 0 saturated heterocycles. The summed E-state index contributed by atoms with van der Waals surface area (Å²) >= 11 is 1.40. The van der Waals surface area contributed by atoms with Crippen LogP contribution in [0.3, 0.4) is 0 Å². The predicted octanol–water partition coefficient (Wildman–Crippen LogP) is 3.52. The number of nitrogens with zero attached hydrogens (tertiary/aromatic N) is 1. The van der Waals surface area contributed by atoms with E-state index < -0.39 is 0 Å². The number of rotatable bonds is 3. The molecule has 1 aromatic carbocycles. The van der Waals surface area contributed by atoms with Crippen molar-refractivity contribution in [2.45, 2.75) is 20.8 Å². The van der Waals surface area contributed by atoms with E-state index in [0.717, 1.165) is 16.8 Å². The van der Waals surface area contributed by atoms with Crippen LogP contribution in [-0.4, -0.2) is 11.6 Å². The molecule has 0 atom stereocenters. The minimum Gasteiger partial charge on any atom is -0.266 e. The molecule has 0 aliphatic rings. The number of hydrogen-bond donors (Lipinski definition) is 1. The molecule has 1 heterocycles. The van der Waals surface area contributed by atoms with Gasteiger partial charge in [0.15, 0.2) is 0 Å². The number of amides is 1. The zero-order valence-electron chi connectivity index (χ0n) is 11.2. The largest absolute Gasteiger partial charge is 0.281 e. The predicted molar refractivity (Wildman–Crippen MR) is 79.9 cm³/mol. The minimum absolute atomic E-state index is 0.167. The van der Waals surface area contributed by atoms with Crippen molar-refractivity contribution in [1.29, 1.82) is 0 Å². The first-order chi connectivity index (χ1) is 9.08. The van der Waals surface area contributed by atoms with Gasteiger partial charge in [-0.2, -0.15) is 5.10 Å². The lowest BCUT2D eigenvalue weighted by molar-refractivity contribution is 0.0959. The zero-order chi connectivity index (χ0) is 13.8. The molecule has 0 unspecified atom stereocenters. The standard InChI is InChI=1S/C15H16N2OS/c1-10-6-7-13(11(2)9-10)12(3)16-17-15(18)14-5-4-8-19-14/h4-9H,1-3H3,(H,17,18). The van der Waals surface area contributed by atoms with Gasteiger partial charge in [-0.05, 0) is 37.8 Å². The van der Waals surface area contributed by atoms with Crippen molar-refractivity contribution in [3.63, 3.8) is 0 Å². The van der Waals surface area contributed by atoms with Gasteiger partial charge in [-0.15, -0.1) is 11.3 Å². The van der Waals surface area contributed by atoms with Gasteiger partial charge in [0.2, 0.25) is 0 Å². The first-order valence-corrected chi connectivity index (χ1v) is 6.91. The average Bonchev–Trinajstić information content (AvgIpc) is 2.89. The van der Waals surface area contributed by atoms with Gasteiger partial charge in [-0.1, -0.05) is 29.8 Å². The fourth-order valence-corrected chi connectivity index (χ4v) is 2.49. The summed E-state index contributed by atoms with van der Waals surface area (Å²) in [5, 5.41) is 6.04. The molecule has 0 bridgehead atoms. The second-order valence-corrected chi connectivity index (χ2v) is 5.38. The second kappa shape index (κ2) is 5.80. The van der Waals surface area contributed by atoms with Crippen LogP contribution in [-0.2, 0) is 0 Å². The smallest absolute Gasteiger partial charge is 0.266 e. The van der Waals surface area contributed by atoms with Gasteiger partial charge in [-0.3, -0.25) is 4.79 Å². The van der Waals surface area contributed by atoms with Gasteiger partial charge in [0.25, 0.3) is 5.91 Å². The topological polar surface area (TPSA) is 41.5 Å². The molecule has 1 N–H and O–H groups in total. The third kappa shape index (κ3) is 3.29. The molecule has 1 aromatic heterocycles. The van der Waals surface area contributed by atoms with E-state index in [1.165, 1.54) is 16.9 Å². The average molecular weight is 272 g/mol. The normalized spacial score (nSPS) is 11.4. The van der Waals surface area contributed by atoms with Crippen LogP contribution < -0.4 is 5.43 Å². The first kappa shape index (κ1) is 13.5. The highest BCUT2D eigenvalue weighted by Gasteiger charge is 2.06. The number of carbonyl (C=O) groups is 1. The van der Waals surface area contributed by atoms with E-state index >= 15 is 0 Å². The summed E-state index contributed by atoms with van der Waals surface area (Å²) in [5.74, 6) is -0.167. The number of hydrazone groups is 1. The summed E-state index contributed by atoms with van der Waals surface area (Å²) in [6, 6.07) is 9.81. The molecule has 0 saturated carbocycles. The van der Waals surface area contributed by atoms with E-state index in [0.29, 0.717) is 4.88 Å². The summed E-state index contributed by atoms with van der Waals surface area (Å²) < 4.78 is 0. The summed E-state index contributed by atoms with van der Waals surface area (Å²) in [7, 11) is 0. The maximum atomic E-state index is 11.8. The maximum absolute atomic E-state index is 11.8. The third-order valence-electron chi connectivity index (χ3n) is 2.84. The van der Waals surface area contributed by atoms with Crippen molar-refractivity contribution in [2.75, 3.05) is 0 Å². The van der Waals surface area contributed by atoms with E-state index in [-0.39, 0.29) is 5.91 Å². The highest BCUT2D eigenvalue weighted by Crippen LogP contribution is 2.12. The van der Waals surface area contributed by atoms with E-state index in [2.05, 4.69) is 23.5 Å². The van der Waals surface area contributed by atoms with Gasteiger partial charge in [0.1, 0.15) is 0 Å². The van der Waals surface area contributed by atoms with Crippen LogP contribution in [0.5, 0.6) is 0 Å². The number of benzene rings is 1. The van der Waals surface area contributed by atoms with Crippen LogP contribution >= 0.6 is 11.3 Å². The molecule has 0 radical (unpaired) electrons. The molecule has 4 heteroatoms. The number of thiophene rings is 1. The van der Waals surface area contributed by atoms with E-state index in [9.17, 15) is 4.79 Å². The lowest BCUT2D eigenvalue weighted by Crippen LogP contribution is -2.18. The van der Waals surface area contributed by atoms with Crippen molar-refractivity contribution in [3.8, 4) is 0 Å². The Balaban J connectivity index is 2.13. The van der Waals surface area contributed by atoms with Gasteiger partial charge in [-0.25, -0.2) is 5.43 Å². The SMILES string of the molecule is CC(=NNC(=O)c1cccs1)c1ccc(C)cc1C. The Morgan fingerprint density at radius 2 is 2.05 bits per heavy atom. The molecule has 0 fully saturated rings. The van der Waals surface area contributed by atoms with Crippen molar-refractivity contribution in [1.82, 2.24) is 5.43 Å². The fourth-order valence-electron chi connectivity index (χ4n) is 1.88. The Kier molecular flexibility index (Phi) is 4.12. The molecule has 3 nitrogen and oxygen atoms in total. The van der Waals surface area contributed by atoms with Crippen molar-refractivity contribution < 1.29 is 4.79 Å². The van der Waals surface area contributed by atoms with Gasteiger partial charge < -0.3 is 0 Å². The van der Waals surface area contributed by atoms with Crippen LogP contribution in [0, 0.1) is 13.8 Å². The van der Waals surface area contributed by atoms with E-state index in [1.54, 1.807) is 6.07 Å². The summed E-state index contributed by atoms with van der Waals surface area (Å²) in [5.41, 5.74) is 6.82. The molecular weight excluding hydrogens is 256 g/mol. The highest BCUT2D eigenvalue weighted by molar-refractivity contribution is 7.12. The van der Waals surface area contributed by atoms with Crippen LogP contribution in [0.15, 0.2) is 40.8 Å². The van der Waals surface area contributed by atoms with Gasteiger partial charge in [0.05, 0.1) is 10.6 Å². The number of carbonyl (C=O) groups excluding carboxylic acids is 1. The molecule has 0 aliphatic heterocycles. The molecule has 0 spiro atoms. The summed E-state index contributed by atoms with van der Waals surface area (Å²) in [4.78, 5) is 12.4. The Hall–Kier alpha value is -1.94. The summed E-state index contributed by atoms with van der Waals surface area (Å²) in [6.07, 6.45) is 0. The fraction of sp³-hybridized carbons (Fsp3) is 0.200. The number of hydrogen-bond acceptors (Lipinski definition) is 3. The van der Waals surface area contributed by atoms with Crippen molar-refractivity contribution in [2.24, 2.45) is 5.10 Å². The highest BCUT2D eigenvalue weighted by atomic mass is 32.1. The van der Waals surface area contributed by atoms with Crippen LogP contribution in [0.2, 0.25) is 0 Å². The van der Waals surface area contributed by atoms with Crippen LogP contribution in [0.25, 0.3) is 0 Å². The molecule has 19 heavy (non-hydrogen) atoms. The Labute approximate surface area is 117 Å². The van der Waals surface area contributed by atoms with Crippen LogP contribution in [0.1, 0.15) is 33.3 Å². The summed E-state index contributed by atoms with van der Waals surface area (Å²) in [6.45, 7) is 6.00. The van der Waals surface area contributed by atoms with E-state index in [1.807, 2.05) is 37.4 Å². The molecular formula is C15H16N2OS. The third-order valence-corrected chi connectivity index (χ3v) is 3.71. The van der Waals surface area contributed by atoms with Crippen molar-refractivity contribution >= 4 is 23.0 Å². The molecule has 2 rings (SSSR count). The Bertz CT molecular complexity index is 615. The van der Waals surface area contributed by atoms with Gasteiger partial charge >= 0.3 is 0 Å². The molecule has 0 aliphatic carbocycles. The molecule has 1 amide bonds. The Morgan fingerprint density at radius 1 is 1.26 bits per heavy atom. The Morgan fingerprint density at radius 3 is 2.68 bits per heavy atom. The molecule has 98 valence electrons. The first-order valence-electron chi connectivity index (χ1n) is 6.03. The van der Waals surface area contributed by atoms with Crippen molar-refractivity contribution in [3.05, 3.63) is 57.3 Å². The number of nitrogens with one attached hydrogen (secondary N) is 1. The second-order valence-electron chi connectivity index (χ2n) is 4.43. The zero-order valence-corrected chi connectivity index (χ0v) is 12.0. The van der Waals surface area contributed by atoms with Crippen LogP contribution in [0.4, 0.5) is 0 Å². The maximum Gasteiger partial charge on any atom is 0.281 e.